The van der Waals surface area contributed by atoms with E-state index in [-0.39, 0.29) is 0 Å². The second-order valence-electron chi connectivity index (χ2n) is 2.83. The number of alkyl halides is 1. The molecule has 0 saturated heterocycles. The number of furan rings is 1. The zero-order valence-corrected chi connectivity index (χ0v) is 10.2. The van der Waals surface area contributed by atoms with Crippen LogP contribution in [0.1, 0.15) is 11.3 Å². The van der Waals surface area contributed by atoms with Crippen LogP contribution >= 0.6 is 31.9 Å². The van der Waals surface area contributed by atoms with Crippen molar-refractivity contribution in [3.8, 4) is 6.07 Å². The van der Waals surface area contributed by atoms with Crippen molar-refractivity contribution >= 4 is 42.8 Å². The zero-order chi connectivity index (χ0) is 10.1. The number of fused-ring (bicyclic) bond motifs is 1. The normalized spacial score (nSPS) is 10.4. The molecule has 2 nitrogen and oxygen atoms in total. The summed E-state index contributed by atoms with van der Waals surface area (Å²) in [6.07, 6.45) is 0. The Labute approximate surface area is 97.8 Å². The Morgan fingerprint density at radius 2 is 2.14 bits per heavy atom. The van der Waals surface area contributed by atoms with Gasteiger partial charge in [0, 0.05) is 9.86 Å². The summed E-state index contributed by atoms with van der Waals surface area (Å²) in [5.41, 5.74) is 1.42. The molecule has 1 aromatic carbocycles. The summed E-state index contributed by atoms with van der Waals surface area (Å²) in [7, 11) is 0. The lowest BCUT2D eigenvalue weighted by Crippen LogP contribution is -1.75. The Kier molecular flexibility index (Phi) is 2.62. The molecule has 0 saturated carbocycles. The number of benzene rings is 1. The van der Waals surface area contributed by atoms with E-state index in [1.165, 1.54) is 0 Å². The van der Waals surface area contributed by atoms with Gasteiger partial charge >= 0.3 is 0 Å². The fourth-order valence-corrected chi connectivity index (χ4v) is 1.96. The lowest BCUT2D eigenvalue weighted by atomic mass is 10.2. The summed E-state index contributed by atoms with van der Waals surface area (Å²) in [6.45, 7) is 0. The van der Waals surface area contributed by atoms with Gasteiger partial charge in [-0.15, -0.1) is 0 Å². The van der Waals surface area contributed by atoms with Crippen LogP contribution < -0.4 is 0 Å². The van der Waals surface area contributed by atoms with Crippen LogP contribution in [0.25, 0.3) is 11.0 Å². The number of rotatable bonds is 1. The van der Waals surface area contributed by atoms with E-state index in [9.17, 15) is 0 Å². The fourth-order valence-electron chi connectivity index (χ4n) is 1.27. The van der Waals surface area contributed by atoms with Crippen molar-refractivity contribution in [3.63, 3.8) is 0 Å². The monoisotopic (exact) mass is 313 g/mol. The van der Waals surface area contributed by atoms with Gasteiger partial charge in [-0.25, -0.2) is 0 Å². The van der Waals surface area contributed by atoms with Crippen LogP contribution in [0.3, 0.4) is 0 Å². The SMILES string of the molecule is N#Cc1cc2cc(CBr)oc2cc1Br. The lowest BCUT2D eigenvalue weighted by Gasteiger charge is -1.93. The molecule has 0 aliphatic carbocycles. The summed E-state index contributed by atoms with van der Waals surface area (Å²) < 4.78 is 6.28. The molecule has 0 bridgehead atoms. The summed E-state index contributed by atoms with van der Waals surface area (Å²) in [5.74, 6) is 0.863. The van der Waals surface area contributed by atoms with Crippen LogP contribution in [0.15, 0.2) is 27.1 Å². The van der Waals surface area contributed by atoms with Gasteiger partial charge in [0.25, 0.3) is 0 Å². The van der Waals surface area contributed by atoms with Crippen molar-refractivity contribution < 1.29 is 4.42 Å². The van der Waals surface area contributed by atoms with Gasteiger partial charge in [-0.3, -0.25) is 0 Å². The quantitative estimate of drug-likeness (QED) is 0.747. The molecular formula is C10H5Br2NO. The van der Waals surface area contributed by atoms with Crippen LogP contribution in [-0.4, -0.2) is 0 Å². The van der Waals surface area contributed by atoms with Gasteiger partial charge in [-0.05, 0) is 34.1 Å². The minimum atomic E-state index is 0.624. The number of hydrogen-bond acceptors (Lipinski definition) is 2. The lowest BCUT2D eigenvalue weighted by molar-refractivity contribution is 0.575. The van der Waals surface area contributed by atoms with E-state index in [1.54, 1.807) is 0 Å². The molecule has 0 atom stereocenters. The van der Waals surface area contributed by atoms with Gasteiger partial charge in [0.15, 0.2) is 0 Å². The van der Waals surface area contributed by atoms with Crippen molar-refractivity contribution in [2.75, 3.05) is 0 Å². The van der Waals surface area contributed by atoms with Crippen LogP contribution in [-0.2, 0) is 5.33 Å². The Morgan fingerprint density at radius 3 is 2.79 bits per heavy atom. The van der Waals surface area contributed by atoms with Gasteiger partial charge < -0.3 is 4.42 Å². The standard InChI is InChI=1S/C10H5Br2NO/c11-4-8-2-6-1-7(5-13)9(12)3-10(6)14-8/h1-3H,4H2. The number of nitrogens with zero attached hydrogens (tertiary/aromatic N) is 1. The molecule has 0 fully saturated rings. The molecule has 4 heteroatoms. The van der Waals surface area contributed by atoms with E-state index in [2.05, 4.69) is 37.9 Å². The summed E-state index contributed by atoms with van der Waals surface area (Å²) >= 11 is 6.63. The summed E-state index contributed by atoms with van der Waals surface area (Å²) in [5, 5.41) is 10.5. The smallest absolute Gasteiger partial charge is 0.135 e. The van der Waals surface area contributed by atoms with Crippen molar-refractivity contribution in [2.24, 2.45) is 0 Å². The zero-order valence-electron chi connectivity index (χ0n) is 7.05. The van der Waals surface area contributed by atoms with Gasteiger partial charge in [-0.1, -0.05) is 15.9 Å². The predicted octanol–water partition coefficient (Wildman–Crippen LogP) is 3.96. The first-order valence-corrected chi connectivity index (χ1v) is 5.84. The second kappa shape index (κ2) is 3.76. The van der Waals surface area contributed by atoms with E-state index in [1.807, 2.05) is 18.2 Å². The maximum absolute atomic E-state index is 8.82. The minimum absolute atomic E-state index is 0.624. The van der Waals surface area contributed by atoms with Gasteiger partial charge in [0.05, 0.1) is 10.9 Å². The Bertz CT molecular complexity index is 525. The third-order valence-corrected chi connectivity index (χ3v) is 3.12. The molecule has 14 heavy (non-hydrogen) atoms. The third kappa shape index (κ3) is 1.58. The number of halogens is 2. The number of hydrogen-bond donors (Lipinski definition) is 0. The predicted molar refractivity (Wildman–Crippen MR) is 61.3 cm³/mol. The van der Waals surface area contributed by atoms with Crippen LogP contribution in [0.5, 0.6) is 0 Å². The molecule has 2 rings (SSSR count). The Hall–Kier alpha value is -0.790. The van der Waals surface area contributed by atoms with Crippen molar-refractivity contribution in [3.05, 3.63) is 34.0 Å². The van der Waals surface area contributed by atoms with E-state index < -0.39 is 0 Å². The van der Waals surface area contributed by atoms with Gasteiger partial charge in [0.2, 0.25) is 0 Å². The average Bonchev–Trinajstić information content (AvgIpc) is 2.58. The third-order valence-electron chi connectivity index (χ3n) is 1.91. The highest BCUT2D eigenvalue weighted by Crippen LogP contribution is 2.27. The molecule has 0 unspecified atom stereocenters. The largest absolute Gasteiger partial charge is 0.460 e. The molecular weight excluding hydrogens is 310 g/mol. The molecule has 1 aromatic heterocycles. The second-order valence-corrected chi connectivity index (χ2v) is 4.24. The maximum atomic E-state index is 8.82. The molecule has 0 radical (unpaired) electrons. The fraction of sp³-hybridized carbons (Fsp3) is 0.100. The van der Waals surface area contributed by atoms with Crippen molar-refractivity contribution in [1.82, 2.24) is 0 Å². The summed E-state index contributed by atoms with van der Waals surface area (Å²) in [6, 6.07) is 7.68. The molecule has 0 N–H and O–H groups in total. The average molecular weight is 315 g/mol. The van der Waals surface area contributed by atoms with E-state index in [0.29, 0.717) is 10.9 Å². The maximum Gasteiger partial charge on any atom is 0.135 e. The Balaban J connectivity index is 2.71. The first-order chi connectivity index (χ1) is 6.74. The van der Waals surface area contributed by atoms with Crippen molar-refractivity contribution in [1.29, 1.82) is 5.26 Å². The highest BCUT2D eigenvalue weighted by Gasteiger charge is 2.06. The van der Waals surface area contributed by atoms with E-state index >= 15 is 0 Å². The molecule has 0 aliphatic rings. The molecule has 70 valence electrons. The Morgan fingerprint density at radius 1 is 1.36 bits per heavy atom. The van der Waals surface area contributed by atoms with Gasteiger partial charge in [-0.2, -0.15) is 5.26 Å². The number of nitriles is 1. The highest BCUT2D eigenvalue weighted by atomic mass is 79.9. The topological polar surface area (TPSA) is 36.9 Å². The molecule has 2 aromatic rings. The molecule has 1 heterocycles. The summed E-state index contributed by atoms with van der Waals surface area (Å²) in [4.78, 5) is 0. The molecule has 0 amide bonds. The highest BCUT2D eigenvalue weighted by molar-refractivity contribution is 9.10. The first kappa shape index (κ1) is 9.75. The molecule has 0 aliphatic heterocycles. The van der Waals surface area contributed by atoms with Crippen molar-refractivity contribution in [2.45, 2.75) is 5.33 Å². The first-order valence-electron chi connectivity index (χ1n) is 3.92. The molecule has 0 spiro atoms. The van der Waals surface area contributed by atoms with Crippen LogP contribution in [0.4, 0.5) is 0 Å². The van der Waals surface area contributed by atoms with Crippen LogP contribution in [0, 0.1) is 11.3 Å². The van der Waals surface area contributed by atoms with Gasteiger partial charge in [0.1, 0.15) is 17.4 Å². The minimum Gasteiger partial charge on any atom is -0.460 e. The van der Waals surface area contributed by atoms with E-state index in [4.69, 9.17) is 9.68 Å². The van der Waals surface area contributed by atoms with E-state index in [0.717, 1.165) is 21.2 Å². The van der Waals surface area contributed by atoms with Crippen LogP contribution in [0.2, 0.25) is 0 Å².